The molecule has 2 heteroatoms. The zero-order valence-corrected chi connectivity index (χ0v) is 8.59. The van der Waals surface area contributed by atoms with E-state index in [1.165, 1.54) is 0 Å². The third-order valence-corrected chi connectivity index (χ3v) is 2.14. The lowest BCUT2D eigenvalue weighted by Crippen LogP contribution is -2.42. The van der Waals surface area contributed by atoms with Gasteiger partial charge >= 0.3 is 0 Å². The quantitative estimate of drug-likeness (QED) is 0.637. The Morgan fingerprint density at radius 2 is 2.08 bits per heavy atom. The van der Waals surface area contributed by atoms with E-state index in [-0.39, 0.29) is 11.9 Å². The van der Waals surface area contributed by atoms with Crippen LogP contribution in [-0.2, 0) is 9.47 Å². The molecular weight excluding hydrogens is 152 g/mol. The second-order valence-electron chi connectivity index (χ2n) is 4.25. The molecule has 2 atom stereocenters. The Morgan fingerprint density at radius 3 is 2.58 bits per heavy atom. The summed E-state index contributed by atoms with van der Waals surface area (Å²) in [5.41, 5.74) is -0.00248. The molecule has 1 aliphatic heterocycles. The minimum atomic E-state index is -0.00248. The summed E-state index contributed by atoms with van der Waals surface area (Å²) in [5, 5.41) is 0. The molecule has 1 fully saturated rings. The van der Waals surface area contributed by atoms with Crippen molar-refractivity contribution >= 4 is 0 Å². The fourth-order valence-electron chi connectivity index (χ4n) is 1.79. The normalized spacial score (nSPS) is 35.0. The van der Waals surface area contributed by atoms with Crippen LogP contribution in [0.15, 0.2) is 0 Å². The molecule has 0 spiro atoms. The largest absolute Gasteiger partial charge is 0.350 e. The summed E-state index contributed by atoms with van der Waals surface area (Å²) < 4.78 is 11.4. The topological polar surface area (TPSA) is 18.5 Å². The summed E-state index contributed by atoms with van der Waals surface area (Å²) in [7, 11) is 0. The Hall–Kier alpha value is -0.0800. The lowest BCUT2D eigenvalue weighted by molar-refractivity contribution is -0.270. The zero-order valence-electron chi connectivity index (χ0n) is 8.59. The molecule has 0 aromatic rings. The van der Waals surface area contributed by atoms with Crippen molar-refractivity contribution in [2.75, 3.05) is 0 Å². The molecule has 0 bridgehead atoms. The standard InChI is InChI=1S/C10H20O2/c1-5-6-9-11-8(2)7-10(3,4)12-9/h8-9H,5-7H2,1-4H3/t8-,9+/m1/s1. The highest BCUT2D eigenvalue weighted by molar-refractivity contribution is 4.77. The molecule has 1 aliphatic rings. The van der Waals surface area contributed by atoms with Crippen molar-refractivity contribution in [3.8, 4) is 0 Å². The fourth-order valence-corrected chi connectivity index (χ4v) is 1.79. The second-order valence-corrected chi connectivity index (χ2v) is 4.25. The molecule has 0 N–H and O–H groups in total. The molecular formula is C10H20O2. The van der Waals surface area contributed by atoms with Gasteiger partial charge in [-0.3, -0.25) is 0 Å². The first-order chi connectivity index (χ1) is 5.53. The SMILES string of the molecule is CCC[C@H]1O[C@H](C)CC(C)(C)O1. The predicted octanol–water partition coefficient (Wildman–Crippen LogP) is 2.72. The first kappa shape index (κ1) is 10.0. The van der Waals surface area contributed by atoms with Crippen LogP contribution in [0, 0.1) is 0 Å². The van der Waals surface area contributed by atoms with Crippen molar-refractivity contribution in [2.45, 2.75) is 65.0 Å². The molecule has 1 saturated heterocycles. The van der Waals surface area contributed by atoms with Crippen molar-refractivity contribution in [3.05, 3.63) is 0 Å². The monoisotopic (exact) mass is 172 g/mol. The van der Waals surface area contributed by atoms with Gasteiger partial charge in [-0.15, -0.1) is 0 Å². The molecule has 1 heterocycles. The van der Waals surface area contributed by atoms with E-state index in [9.17, 15) is 0 Å². The van der Waals surface area contributed by atoms with Crippen LogP contribution < -0.4 is 0 Å². The van der Waals surface area contributed by atoms with E-state index in [2.05, 4.69) is 27.7 Å². The van der Waals surface area contributed by atoms with Crippen LogP contribution in [0.25, 0.3) is 0 Å². The summed E-state index contributed by atoms with van der Waals surface area (Å²) in [6, 6.07) is 0. The van der Waals surface area contributed by atoms with Gasteiger partial charge in [0.25, 0.3) is 0 Å². The van der Waals surface area contributed by atoms with Gasteiger partial charge in [-0.05, 0) is 27.2 Å². The van der Waals surface area contributed by atoms with Crippen molar-refractivity contribution in [1.29, 1.82) is 0 Å². The van der Waals surface area contributed by atoms with E-state index in [1.807, 2.05) is 0 Å². The molecule has 0 aliphatic carbocycles. The highest BCUT2D eigenvalue weighted by Gasteiger charge is 2.32. The van der Waals surface area contributed by atoms with E-state index < -0.39 is 0 Å². The van der Waals surface area contributed by atoms with Gasteiger partial charge in [0.05, 0.1) is 11.7 Å². The molecule has 0 aromatic carbocycles. The number of ether oxygens (including phenoxy) is 2. The van der Waals surface area contributed by atoms with E-state index >= 15 is 0 Å². The Balaban J connectivity index is 2.46. The van der Waals surface area contributed by atoms with Crippen LogP contribution >= 0.6 is 0 Å². The molecule has 0 amide bonds. The Bertz CT molecular complexity index is 143. The van der Waals surface area contributed by atoms with Crippen molar-refractivity contribution < 1.29 is 9.47 Å². The average Bonchev–Trinajstić information content (AvgIpc) is 1.82. The van der Waals surface area contributed by atoms with Crippen molar-refractivity contribution in [2.24, 2.45) is 0 Å². The van der Waals surface area contributed by atoms with Gasteiger partial charge in [0, 0.05) is 6.42 Å². The third kappa shape index (κ3) is 2.76. The lowest BCUT2D eigenvalue weighted by atomic mass is 10.00. The smallest absolute Gasteiger partial charge is 0.158 e. The Labute approximate surface area is 75.2 Å². The third-order valence-electron chi connectivity index (χ3n) is 2.14. The van der Waals surface area contributed by atoms with Crippen molar-refractivity contribution in [3.63, 3.8) is 0 Å². The van der Waals surface area contributed by atoms with Gasteiger partial charge in [0.1, 0.15) is 0 Å². The van der Waals surface area contributed by atoms with Crippen LogP contribution in [0.1, 0.15) is 47.0 Å². The summed E-state index contributed by atoms with van der Waals surface area (Å²) >= 11 is 0. The van der Waals surface area contributed by atoms with Crippen LogP contribution in [0.5, 0.6) is 0 Å². The van der Waals surface area contributed by atoms with Gasteiger partial charge in [-0.25, -0.2) is 0 Å². The summed E-state index contributed by atoms with van der Waals surface area (Å²) in [4.78, 5) is 0. The maximum Gasteiger partial charge on any atom is 0.158 e. The highest BCUT2D eigenvalue weighted by atomic mass is 16.7. The van der Waals surface area contributed by atoms with E-state index in [1.54, 1.807) is 0 Å². The first-order valence-corrected chi connectivity index (χ1v) is 4.87. The van der Waals surface area contributed by atoms with Crippen LogP contribution in [0.3, 0.4) is 0 Å². The van der Waals surface area contributed by atoms with Gasteiger partial charge in [-0.2, -0.15) is 0 Å². The summed E-state index contributed by atoms with van der Waals surface area (Å²) in [5.74, 6) is 0. The van der Waals surface area contributed by atoms with Gasteiger partial charge in [-0.1, -0.05) is 13.3 Å². The van der Waals surface area contributed by atoms with Crippen LogP contribution in [-0.4, -0.2) is 18.0 Å². The van der Waals surface area contributed by atoms with E-state index in [0.29, 0.717) is 6.10 Å². The van der Waals surface area contributed by atoms with Crippen LogP contribution in [0.2, 0.25) is 0 Å². The lowest BCUT2D eigenvalue weighted by Gasteiger charge is -2.39. The molecule has 0 saturated carbocycles. The maximum absolute atomic E-state index is 5.76. The van der Waals surface area contributed by atoms with Crippen LogP contribution in [0.4, 0.5) is 0 Å². The van der Waals surface area contributed by atoms with E-state index in [4.69, 9.17) is 9.47 Å². The first-order valence-electron chi connectivity index (χ1n) is 4.87. The minimum Gasteiger partial charge on any atom is -0.350 e. The second kappa shape index (κ2) is 3.75. The Kier molecular flexibility index (Phi) is 3.13. The van der Waals surface area contributed by atoms with Gasteiger partial charge < -0.3 is 9.47 Å². The minimum absolute atomic E-state index is 0.00248. The molecule has 2 nitrogen and oxygen atoms in total. The number of rotatable bonds is 2. The fraction of sp³-hybridized carbons (Fsp3) is 1.00. The van der Waals surface area contributed by atoms with Gasteiger partial charge in [0.15, 0.2) is 6.29 Å². The maximum atomic E-state index is 5.76. The van der Waals surface area contributed by atoms with E-state index in [0.717, 1.165) is 19.3 Å². The van der Waals surface area contributed by atoms with Crippen molar-refractivity contribution in [1.82, 2.24) is 0 Å². The highest BCUT2D eigenvalue weighted by Crippen LogP contribution is 2.28. The predicted molar refractivity (Wildman–Crippen MR) is 49.0 cm³/mol. The molecule has 0 radical (unpaired) electrons. The molecule has 1 rings (SSSR count). The number of hydrogen-bond acceptors (Lipinski definition) is 2. The van der Waals surface area contributed by atoms with Gasteiger partial charge in [0.2, 0.25) is 0 Å². The molecule has 12 heavy (non-hydrogen) atoms. The molecule has 0 unspecified atom stereocenters. The molecule has 0 aromatic heterocycles. The summed E-state index contributed by atoms with van der Waals surface area (Å²) in [6.07, 6.45) is 3.48. The molecule has 72 valence electrons. The summed E-state index contributed by atoms with van der Waals surface area (Å²) in [6.45, 7) is 8.54. The Morgan fingerprint density at radius 1 is 1.42 bits per heavy atom. The number of hydrogen-bond donors (Lipinski definition) is 0. The zero-order chi connectivity index (χ0) is 9.19. The average molecular weight is 172 g/mol.